The Morgan fingerprint density at radius 2 is 1.74 bits per heavy atom. The number of anilines is 1. The minimum atomic E-state index is -4.32. The van der Waals surface area contributed by atoms with E-state index in [2.05, 4.69) is 10.3 Å². The van der Waals surface area contributed by atoms with E-state index in [9.17, 15) is 23.1 Å². The summed E-state index contributed by atoms with van der Waals surface area (Å²) in [5.74, 6) is -1.15. The van der Waals surface area contributed by atoms with Crippen molar-refractivity contribution >= 4 is 61.7 Å². The van der Waals surface area contributed by atoms with Crippen molar-refractivity contribution in [2.45, 2.75) is 4.90 Å². The first kappa shape index (κ1) is 28.4. The van der Waals surface area contributed by atoms with Crippen LogP contribution in [0, 0.1) is 0 Å². The quantitative estimate of drug-likeness (QED) is 0.287. The number of fused-ring (bicyclic) bond motifs is 1. The second-order valence-corrected chi connectivity index (χ2v) is 11.6. The number of hydrogen-bond acceptors (Lipinski definition) is 6. The van der Waals surface area contributed by atoms with E-state index in [-0.39, 0.29) is 32.2 Å². The Bertz CT molecular complexity index is 1640. The van der Waals surface area contributed by atoms with Crippen LogP contribution in [0.1, 0.15) is 10.5 Å². The molecule has 0 aliphatic rings. The summed E-state index contributed by atoms with van der Waals surface area (Å²) in [5.41, 5.74) is 1.07. The molecule has 0 saturated carbocycles. The van der Waals surface area contributed by atoms with Crippen molar-refractivity contribution in [3.8, 4) is 5.82 Å². The van der Waals surface area contributed by atoms with Gasteiger partial charge in [-0.05, 0) is 68.7 Å². The third-order valence-corrected chi connectivity index (χ3v) is 7.91. The highest BCUT2D eigenvalue weighted by atomic mass is 35.5. The standard InChI is InChI=1S/C26H25Cl2N5O5S/c1-31(2)11-9-29-26(36)22-4-3-5-24(30-22)32-10-8-17-12-20(6-7-23(17)32)33(16-25(34)35)39(37,38)21-14-18(27)13-19(28)15-21/h3-8,10,12-15H,9,11,16H2,1-2H3,(H,29,36)(H,34,35). The van der Waals surface area contributed by atoms with Crippen LogP contribution in [0.3, 0.4) is 0 Å². The third-order valence-electron chi connectivity index (χ3n) is 5.72. The number of likely N-dealkylation sites (N-methyl/N-ethyl adjacent to an activating group) is 1. The number of carbonyl (C=O) groups is 2. The van der Waals surface area contributed by atoms with Crippen LogP contribution in [0.4, 0.5) is 5.69 Å². The maximum Gasteiger partial charge on any atom is 0.324 e. The molecule has 0 bridgehead atoms. The topological polar surface area (TPSA) is 125 Å². The summed E-state index contributed by atoms with van der Waals surface area (Å²) >= 11 is 12.0. The molecule has 2 heterocycles. The van der Waals surface area contributed by atoms with E-state index >= 15 is 0 Å². The Labute approximate surface area is 235 Å². The molecule has 0 aliphatic carbocycles. The van der Waals surface area contributed by atoms with E-state index in [4.69, 9.17) is 23.2 Å². The van der Waals surface area contributed by atoms with Crippen LogP contribution in [-0.4, -0.2) is 73.6 Å². The van der Waals surface area contributed by atoms with Gasteiger partial charge in [-0.1, -0.05) is 29.3 Å². The molecule has 13 heteroatoms. The van der Waals surface area contributed by atoms with Crippen molar-refractivity contribution in [2.75, 3.05) is 38.0 Å². The monoisotopic (exact) mass is 589 g/mol. The number of pyridine rings is 1. The number of aliphatic carboxylic acids is 1. The molecule has 0 unspecified atom stereocenters. The molecule has 4 aromatic rings. The Morgan fingerprint density at radius 3 is 2.41 bits per heavy atom. The summed E-state index contributed by atoms with van der Waals surface area (Å²) in [6.45, 7) is 0.351. The maximum absolute atomic E-state index is 13.4. The van der Waals surface area contributed by atoms with E-state index in [1.54, 1.807) is 47.2 Å². The third kappa shape index (κ3) is 6.51. The first-order chi connectivity index (χ1) is 18.5. The van der Waals surface area contributed by atoms with Gasteiger partial charge in [-0.3, -0.25) is 13.9 Å². The first-order valence-corrected chi connectivity index (χ1v) is 13.9. The number of benzene rings is 2. The number of carboxylic acid groups (broad SMARTS) is 1. The van der Waals surface area contributed by atoms with Gasteiger partial charge < -0.3 is 19.9 Å². The molecule has 0 radical (unpaired) electrons. The average Bonchev–Trinajstić information content (AvgIpc) is 3.29. The molecule has 4 rings (SSSR count). The lowest BCUT2D eigenvalue weighted by Gasteiger charge is -2.23. The summed E-state index contributed by atoms with van der Waals surface area (Å²) in [7, 11) is -0.493. The molecule has 0 saturated heterocycles. The van der Waals surface area contributed by atoms with Crippen molar-refractivity contribution in [1.29, 1.82) is 0 Å². The number of nitrogens with zero attached hydrogens (tertiary/aromatic N) is 4. The van der Waals surface area contributed by atoms with Crippen molar-refractivity contribution in [3.05, 3.63) is 82.6 Å². The predicted molar refractivity (Wildman–Crippen MR) is 151 cm³/mol. The average molecular weight is 590 g/mol. The van der Waals surface area contributed by atoms with Crippen LogP contribution in [-0.2, 0) is 14.8 Å². The number of hydrogen-bond donors (Lipinski definition) is 2. The van der Waals surface area contributed by atoms with Gasteiger partial charge in [0.15, 0.2) is 0 Å². The highest BCUT2D eigenvalue weighted by Crippen LogP contribution is 2.31. The van der Waals surface area contributed by atoms with Gasteiger partial charge in [0.25, 0.3) is 15.9 Å². The molecule has 2 aromatic carbocycles. The molecule has 0 fully saturated rings. The van der Waals surface area contributed by atoms with E-state index < -0.39 is 22.5 Å². The number of sulfonamides is 1. The number of halogens is 2. The second kappa shape index (κ2) is 11.6. The number of amides is 1. The van der Waals surface area contributed by atoms with Crippen LogP contribution in [0.5, 0.6) is 0 Å². The molecule has 1 amide bonds. The fourth-order valence-corrected chi connectivity index (χ4v) is 6.03. The number of carboxylic acids is 1. The lowest BCUT2D eigenvalue weighted by atomic mass is 10.2. The lowest BCUT2D eigenvalue weighted by molar-refractivity contribution is -0.135. The highest BCUT2D eigenvalue weighted by Gasteiger charge is 2.28. The molecule has 2 N–H and O–H groups in total. The number of carbonyl (C=O) groups excluding carboxylic acids is 1. The molecule has 0 spiro atoms. The largest absolute Gasteiger partial charge is 0.480 e. The summed E-state index contributed by atoms with van der Waals surface area (Å²) in [6.07, 6.45) is 1.73. The minimum absolute atomic E-state index is 0.102. The lowest BCUT2D eigenvalue weighted by Crippen LogP contribution is -2.35. The van der Waals surface area contributed by atoms with Gasteiger partial charge in [-0.15, -0.1) is 0 Å². The summed E-state index contributed by atoms with van der Waals surface area (Å²) in [4.78, 5) is 30.4. The zero-order valence-corrected chi connectivity index (χ0v) is 23.3. The van der Waals surface area contributed by atoms with Crippen molar-refractivity contribution < 1.29 is 23.1 Å². The van der Waals surface area contributed by atoms with Crippen LogP contribution >= 0.6 is 23.2 Å². The summed E-state index contributed by atoms with van der Waals surface area (Å²) < 4.78 is 29.4. The van der Waals surface area contributed by atoms with Crippen LogP contribution in [0.15, 0.2) is 71.8 Å². The van der Waals surface area contributed by atoms with E-state index in [0.717, 1.165) is 4.31 Å². The SMILES string of the molecule is CN(C)CCNC(=O)c1cccc(-n2ccc3cc(N(CC(=O)O)S(=O)(=O)c4cc(Cl)cc(Cl)c4)ccc32)n1. The Morgan fingerprint density at radius 1 is 1.03 bits per heavy atom. The zero-order valence-electron chi connectivity index (χ0n) is 21.0. The van der Waals surface area contributed by atoms with Crippen LogP contribution in [0.2, 0.25) is 10.0 Å². The molecule has 0 atom stereocenters. The zero-order chi connectivity index (χ0) is 28.3. The fraction of sp³-hybridized carbons (Fsp3) is 0.192. The molecule has 2 aromatic heterocycles. The first-order valence-electron chi connectivity index (χ1n) is 11.7. The van der Waals surface area contributed by atoms with E-state index in [0.29, 0.717) is 29.8 Å². The van der Waals surface area contributed by atoms with Gasteiger partial charge in [0.1, 0.15) is 18.1 Å². The maximum atomic E-state index is 13.4. The summed E-state index contributed by atoms with van der Waals surface area (Å²) in [6, 6.07) is 15.4. The van der Waals surface area contributed by atoms with E-state index in [1.165, 1.54) is 24.3 Å². The number of nitrogens with one attached hydrogen (secondary N) is 1. The van der Waals surface area contributed by atoms with Crippen LogP contribution < -0.4 is 9.62 Å². The molecule has 204 valence electrons. The fourth-order valence-electron chi connectivity index (χ4n) is 3.89. The van der Waals surface area contributed by atoms with Crippen molar-refractivity contribution in [2.24, 2.45) is 0 Å². The van der Waals surface area contributed by atoms with Gasteiger partial charge >= 0.3 is 5.97 Å². The van der Waals surface area contributed by atoms with Gasteiger partial charge in [0.05, 0.1) is 16.1 Å². The Kier molecular flexibility index (Phi) is 8.45. The molecule has 10 nitrogen and oxygen atoms in total. The van der Waals surface area contributed by atoms with Crippen molar-refractivity contribution in [3.63, 3.8) is 0 Å². The van der Waals surface area contributed by atoms with Crippen molar-refractivity contribution in [1.82, 2.24) is 19.8 Å². The predicted octanol–water partition coefficient (Wildman–Crippen LogP) is 3.90. The van der Waals surface area contributed by atoms with Gasteiger partial charge in [-0.2, -0.15) is 0 Å². The van der Waals surface area contributed by atoms with Crippen LogP contribution in [0.25, 0.3) is 16.7 Å². The highest BCUT2D eigenvalue weighted by molar-refractivity contribution is 7.92. The summed E-state index contributed by atoms with van der Waals surface area (Å²) in [5, 5.41) is 13.1. The van der Waals surface area contributed by atoms with Gasteiger partial charge in [0.2, 0.25) is 0 Å². The minimum Gasteiger partial charge on any atom is -0.480 e. The molecule has 0 aliphatic heterocycles. The number of rotatable bonds is 10. The van der Waals surface area contributed by atoms with Gasteiger partial charge in [0, 0.05) is 34.7 Å². The molecular weight excluding hydrogens is 565 g/mol. The molecular formula is C26H25Cl2N5O5S. The Hall–Kier alpha value is -3.64. The molecule has 39 heavy (non-hydrogen) atoms. The normalized spacial score (nSPS) is 11.6. The second-order valence-electron chi connectivity index (χ2n) is 8.88. The van der Waals surface area contributed by atoms with E-state index in [1.807, 2.05) is 19.0 Å². The Balaban J connectivity index is 1.69. The number of aromatic nitrogens is 2. The van der Waals surface area contributed by atoms with Gasteiger partial charge in [-0.25, -0.2) is 13.4 Å². The smallest absolute Gasteiger partial charge is 0.324 e.